The summed E-state index contributed by atoms with van der Waals surface area (Å²) in [6.45, 7) is 3.76. The van der Waals surface area contributed by atoms with Crippen molar-refractivity contribution in [3.8, 4) is 0 Å². The molecule has 0 atom stereocenters. The Hall–Kier alpha value is -2.72. The highest BCUT2D eigenvalue weighted by atomic mass is 19.3. The fourth-order valence-electron chi connectivity index (χ4n) is 3.56. The van der Waals surface area contributed by atoms with Gasteiger partial charge in [0.15, 0.2) is 17.0 Å². The Kier molecular flexibility index (Phi) is 4.94. The van der Waals surface area contributed by atoms with Gasteiger partial charge in [0.25, 0.3) is 0 Å². The van der Waals surface area contributed by atoms with Crippen LogP contribution in [0.15, 0.2) is 10.7 Å². The number of unbranched alkanes of at least 4 members (excludes halogenated alkanes) is 1. The van der Waals surface area contributed by atoms with Gasteiger partial charge >= 0.3 is 11.8 Å². The van der Waals surface area contributed by atoms with Crippen LogP contribution in [0.3, 0.4) is 0 Å². The van der Waals surface area contributed by atoms with Gasteiger partial charge in [0.2, 0.25) is 0 Å². The summed E-state index contributed by atoms with van der Waals surface area (Å²) in [6.07, 6.45) is 3.78. The van der Waals surface area contributed by atoms with Crippen molar-refractivity contribution < 1.29 is 22.0 Å². The topological polar surface area (TPSA) is 72.9 Å². The van der Waals surface area contributed by atoms with Crippen LogP contribution in [0.4, 0.5) is 23.4 Å². The van der Waals surface area contributed by atoms with Crippen LogP contribution in [-0.2, 0) is 13.0 Å². The Labute approximate surface area is 170 Å². The molecule has 11 heteroatoms. The quantitative estimate of drug-likeness (QED) is 0.557. The van der Waals surface area contributed by atoms with E-state index in [4.69, 9.17) is 4.42 Å². The van der Waals surface area contributed by atoms with Crippen molar-refractivity contribution in [2.45, 2.75) is 58.4 Å². The van der Waals surface area contributed by atoms with E-state index < -0.39 is 24.9 Å². The van der Waals surface area contributed by atoms with Crippen LogP contribution in [0.1, 0.15) is 42.5 Å². The van der Waals surface area contributed by atoms with E-state index in [1.54, 1.807) is 6.26 Å². The maximum absolute atomic E-state index is 13.8. The van der Waals surface area contributed by atoms with Crippen LogP contribution >= 0.6 is 0 Å². The molecule has 1 saturated heterocycles. The predicted molar refractivity (Wildman–Crippen MR) is 101 cm³/mol. The Bertz CT molecular complexity index is 1040. The molecular weight excluding hydrogens is 404 g/mol. The third-order valence-electron chi connectivity index (χ3n) is 5.38. The number of fused-ring (bicyclic) bond motifs is 1. The van der Waals surface area contributed by atoms with Gasteiger partial charge in [-0.15, -0.1) is 5.10 Å². The lowest BCUT2D eigenvalue weighted by molar-refractivity contribution is -0.172. The van der Waals surface area contributed by atoms with Gasteiger partial charge in [-0.25, -0.2) is 14.6 Å². The molecule has 1 aliphatic rings. The Morgan fingerprint density at radius 3 is 2.40 bits per heavy atom. The fraction of sp³-hybridized carbons (Fsp3) is 0.579. The summed E-state index contributed by atoms with van der Waals surface area (Å²) in [5.74, 6) is -7.21. The number of aryl methyl sites for hydroxylation is 3. The third-order valence-corrected chi connectivity index (χ3v) is 5.38. The summed E-state index contributed by atoms with van der Waals surface area (Å²) in [5, 5.41) is 8.15. The van der Waals surface area contributed by atoms with Gasteiger partial charge in [-0.2, -0.15) is 17.6 Å². The molecule has 162 valence electrons. The molecule has 0 aromatic carbocycles. The lowest BCUT2D eigenvalue weighted by Gasteiger charge is -2.17. The van der Waals surface area contributed by atoms with Gasteiger partial charge in [-0.3, -0.25) is 0 Å². The minimum absolute atomic E-state index is 0.0326. The molecule has 7 nitrogen and oxygen atoms in total. The van der Waals surface area contributed by atoms with Gasteiger partial charge in [-0.05, 0) is 25.8 Å². The van der Waals surface area contributed by atoms with Crippen molar-refractivity contribution in [2.24, 2.45) is 0 Å². The van der Waals surface area contributed by atoms with E-state index in [9.17, 15) is 17.6 Å². The Morgan fingerprint density at radius 1 is 1.10 bits per heavy atom. The minimum Gasteiger partial charge on any atom is -0.469 e. The Balaban J connectivity index is 1.79. The van der Waals surface area contributed by atoms with E-state index in [1.165, 1.54) is 4.68 Å². The smallest absolute Gasteiger partial charge is 0.329 e. The number of nitrogens with zero attached hydrogens (tertiary/aromatic N) is 6. The van der Waals surface area contributed by atoms with E-state index in [1.807, 2.05) is 20.8 Å². The normalized spacial score (nSPS) is 17.9. The van der Waals surface area contributed by atoms with Crippen molar-refractivity contribution in [2.75, 3.05) is 18.0 Å². The number of furan rings is 1. The second-order valence-electron chi connectivity index (χ2n) is 7.70. The minimum atomic E-state index is -4.14. The molecular formula is C19H22F4N6O. The number of rotatable bonds is 6. The first-order valence-electron chi connectivity index (χ1n) is 9.77. The van der Waals surface area contributed by atoms with Gasteiger partial charge in [0.1, 0.15) is 11.6 Å². The fourth-order valence-corrected chi connectivity index (χ4v) is 3.56. The van der Waals surface area contributed by atoms with Crippen LogP contribution in [0.25, 0.3) is 11.2 Å². The first-order valence-corrected chi connectivity index (χ1v) is 9.77. The van der Waals surface area contributed by atoms with Gasteiger partial charge in [-0.1, -0.05) is 18.6 Å². The number of alkyl halides is 4. The maximum Gasteiger partial charge on any atom is 0.329 e. The zero-order chi connectivity index (χ0) is 21.7. The molecule has 30 heavy (non-hydrogen) atoms. The molecule has 0 spiro atoms. The average Bonchev–Trinajstić information content (AvgIpc) is 3.29. The zero-order valence-corrected chi connectivity index (χ0v) is 16.9. The molecule has 4 heterocycles. The first-order chi connectivity index (χ1) is 14.1. The highest BCUT2D eigenvalue weighted by Gasteiger charge is 2.63. The number of hydrogen-bond acceptors (Lipinski definition) is 6. The number of halogens is 4. The summed E-state index contributed by atoms with van der Waals surface area (Å²) in [6, 6.07) is 0. The van der Waals surface area contributed by atoms with Crippen molar-refractivity contribution in [3.05, 3.63) is 29.0 Å². The number of anilines is 1. The molecule has 3 aromatic heterocycles. The molecule has 0 unspecified atom stereocenters. The van der Waals surface area contributed by atoms with E-state index in [0.717, 1.165) is 34.6 Å². The zero-order valence-electron chi connectivity index (χ0n) is 16.9. The highest BCUT2D eigenvalue weighted by Crippen LogP contribution is 2.43. The summed E-state index contributed by atoms with van der Waals surface area (Å²) in [5.41, 5.74) is 2.28. The molecule has 1 aliphatic heterocycles. The van der Waals surface area contributed by atoms with Crippen LogP contribution in [0, 0.1) is 13.8 Å². The molecule has 0 bridgehead atoms. The summed E-state index contributed by atoms with van der Waals surface area (Å²) in [7, 11) is 0. The van der Waals surface area contributed by atoms with Crippen LogP contribution < -0.4 is 4.90 Å². The van der Waals surface area contributed by atoms with Crippen molar-refractivity contribution in [1.82, 2.24) is 25.0 Å². The van der Waals surface area contributed by atoms with Gasteiger partial charge < -0.3 is 9.32 Å². The van der Waals surface area contributed by atoms with Gasteiger partial charge in [0, 0.05) is 12.0 Å². The van der Waals surface area contributed by atoms with Crippen LogP contribution in [0.2, 0.25) is 0 Å². The molecule has 0 radical (unpaired) electrons. The van der Waals surface area contributed by atoms with Gasteiger partial charge in [0.05, 0.1) is 25.9 Å². The molecule has 0 saturated carbocycles. The summed E-state index contributed by atoms with van der Waals surface area (Å²) in [4.78, 5) is 9.70. The molecule has 3 aromatic rings. The third kappa shape index (κ3) is 3.39. The lowest BCUT2D eigenvalue weighted by atomic mass is 10.2. The van der Waals surface area contributed by atoms with Crippen LogP contribution in [0.5, 0.6) is 0 Å². The molecule has 1 fully saturated rings. The molecule has 4 rings (SSSR count). The van der Waals surface area contributed by atoms with Crippen molar-refractivity contribution in [3.63, 3.8) is 0 Å². The van der Waals surface area contributed by atoms with E-state index in [0.29, 0.717) is 24.4 Å². The van der Waals surface area contributed by atoms with E-state index in [-0.39, 0.29) is 11.3 Å². The highest BCUT2D eigenvalue weighted by molar-refractivity contribution is 5.83. The summed E-state index contributed by atoms with van der Waals surface area (Å²) < 4.78 is 62.2. The Morgan fingerprint density at radius 2 is 1.80 bits per heavy atom. The van der Waals surface area contributed by atoms with Crippen molar-refractivity contribution in [1.29, 1.82) is 0 Å². The second-order valence-corrected chi connectivity index (χ2v) is 7.70. The predicted octanol–water partition coefficient (Wildman–Crippen LogP) is 3.91. The molecule has 0 N–H and O–H groups in total. The maximum atomic E-state index is 13.8. The SMILES string of the molecule is CCCCc1nc(N2CC(F)(F)C(F)(F)C2)c2nnn(Cc3c(C)coc3C)c2n1. The monoisotopic (exact) mass is 426 g/mol. The first kappa shape index (κ1) is 20.5. The molecule has 0 amide bonds. The standard InChI is InChI=1S/C19H22F4N6O/c1-4-5-6-14-24-16(28-9-18(20,21)19(22,23)10-28)15-17(25-14)29(27-26-15)7-13-11(2)8-30-12(13)3/h8H,4-7,9-10H2,1-3H3. The largest absolute Gasteiger partial charge is 0.469 e. The van der Waals surface area contributed by atoms with Crippen molar-refractivity contribution >= 4 is 17.0 Å². The lowest BCUT2D eigenvalue weighted by Crippen LogP contribution is -2.38. The number of aromatic nitrogens is 5. The molecule has 0 aliphatic carbocycles. The number of hydrogen-bond donors (Lipinski definition) is 0. The van der Waals surface area contributed by atoms with Crippen LogP contribution in [-0.4, -0.2) is 49.9 Å². The van der Waals surface area contributed by atoms with E-state index in [2.05, 4.69) is 20.3 Å². The second kappa shape index (κ2) is 7.21. The average molecular weight is 426 g/mol. The summed E-state index contributed by atoms with van der Waals surface area (Å²) >= 11 is 0. The van der Waals surface area contributed by atoms with E-state index >= 15 is 0 Å².